The fourth-order valence-corrected chi connectivity index (χ4v) is 2.92. The number of carbonyl (C=O) groups is 2. The molecule has 0 atom stereocenters. The van der Waals surface area contributed by atoms with Gasteiger partial charge in [-0.2, -0.15) is 0 Å². The van der Waals surface area contributed by atoms with Gasteiger partial charge in [-0.15, -0.1) is 11.3 Å². The lowest BCUT2D eigenvalue weighted by Gasteiger charge is -2.25. The second-order valence-corrected chi connectivity index (χ2v) is 5.36. The zero-order valence-corrected chi connectivity index (χ0v) is 11.5. The summed E-state index contributed by atoms with van der Waals surface area (Å²) >= 11 is 5.07. The van der Waals surface area contributed by atoms with Gasteiger partial charge in [0.1, 0.15) is 0 Å². The van der Waals surface area contributed by atoms with Crippen molar-refractivity contribution in [3.8, 4) is 0 Å². The summed E-state index contributed by atoms with van der Waals surface area (Å²) in [7, 11) is 0. The minimum atomic E-state index is -0.728. The summed E-state index contributed by atoms with van der Waals surface area (Å²) in [5, 5.41) is 1.28. The lowest BCUT2D eigenvalue weighted by Crippen LogP contribution is -2.26. The molecule has 2 heterocycles. The number of rotatable bonds is 6. The van der Waals surface area contributed by atoms with Gasteiger partial charge in [0.05, 0.1) is 18.1 Å². The van der Waals surface area contributed by atoms with E-state index in [0.29, 0.717) is 26.1 Å². The molecule has 6 heteroatoms. The van der Waals surface area contributed by atoms with Gasteiger partial charge < -0.3 is 9.47 Å². The first-order chi connectivity index (χ1) is 8.64. The van der Waals surface area contributed by atoms with Crippen molar-refractivity contribution >= 4 is 34.9 Å². The third kappa shape index (κ3) is 3.00. The smallest absolute Gasteiger partial charge is 0.251 e. The Balaban J connectivity index is 1.96. The second kappa shape index (κ2) is 5.97. The van der Waals surface area contributed by atoms with Crippen molar-refractivity contribution in [2.24, 2.45) is 0 Å². The van der Waals surface area contributed by atoms with Crippen LogP contribution in [0.25, 0.3) is 0 Å². The van der Waals surface area contributed by atoms with Gasteiger partial charge in [-0.05, 0) is 17.9 Å². The summed E-state index contributed by atoms with van der Waals surface area (Å²) in [4.78, 5) is 22.9. The number of thiol groups is 1. The Morgan fingerprint density at radius 2 is 2.11 bits per heavy atom. The Hall–Kier alpha value is -0.690. The molecule has 0 aromatic carbocycles. The van der Waals surface area contributed by atoms with Crippen LogP contribution in [0.1, 0.15) is 24.1 Å². The van der Waals surface area contributed by atoms with Crippen LogP contribution >= 0.6 is 24.0 Å². The SMILES string of the molecule is O=C(S)C(=O)CCCC1(c2cccs2)OCCO1. The van der Waals surface area contributed by atoms with E-state index >= 15 is 0 Å². The van der Waals surface area contributed by atoms with Crippen molar-refractivity contribution in [2.75, 3.05) is 13.2 Å². The van der Waals surface area contributed by atoms with Crippen LogP contribution in [-0.4, -0.2) is 24.1 Å². The van der Waals surface area contributed by atoms with Crippen LogP contribution in [0.4, 0.5) is 0 Å². The zero-order valence-electron chi connectivity index (χ0n) is 9.76. The standard InChI is InChI=1S/C12H14O4S2/c13-9(11(14)17)3-1-5-12(15-6-7-16-12)10-4-2-8-18-10/h2,4,8H,1,3,5-7H2,(H,14,17). The lowest BCUT2D eigenvalue weighted by atomic mass is 10.1. The van der Waals surface area contributed by atoms with Gasteiger partial charge in [0, 0.05) is 12.8 Å². The first-order valence-corrected chi connectivity index (χ1v) is 7.05. The van der Waals surface area contributed by atoms with Crippen molar-refractivity contribution in [3.63, 3.8) is 0 Å². The number of thiophene rings is 1. The highest BCUT2D eigenvalue weighted by atomic mass is 32.1. The molecule has 98 valence electrons. The zero-order chi connectivity index (χ0) is 13.0. The molecular formula is C12H14O4S2. The molecular weight excluding hydrogens is 272 g/mol. The fraction of sp³-hybridized carbons (Fsp3) is 0.500. The molecule has 1 saturated heterocycles. The van der Waals surface area contributed by atoms with E-state index in [9.17, 15) is 9.59 Å². The van der Waals surface area contributed by atoms with E-state index in [-0.39, 0.29) is 6.42 Å². The van der Waals surface area contributed by atoms with Crippen molar-refractivity contribution in [3.05, 3.63) is 22.4 Å². The van der Waals surface area contributed by atoms with Gasteiger partial charge in [0.2, 0.25) is 11.6 Å². The molecule has 1 aromatic heterocycles. The molecule has 1 aliphatic heterocycles. The molecule has 0 aliphatic carbocycles. The first kappa shape index (κ1) is 13.7. The molecule has 4 nitrogen and oxygen atoms in total. The first-order valence-electron chi connectivity index (χ1n) is 5.72. The van der Waals surface area contributed by atoms with Crippen LogP contribution in [0.5, 0.6) is 0 Å². The number of ether oxygens (including phenoxy) is 2. The average molecular weight is 286 g/mol. The number of carbonyl (C=O) groups excluding carboxylic acids is 2. The van der Waals surface area contributed by atoms with Gasteiger partial charge in [-0.25, -0.2) is 0 Å². The molecule has 18 heavy (non-hydrogen) atoms. The summed E-state index contributed by atoms with van der Waals surface area (Å²) in [6, 6.07) is 3.90. The molecule has 0 unspecified atom stereocenters. The molecule has 1 aliphatic rings. The minimum Gasteiger partial charge on any atom is -0.343 e. The summed E-state index contributed by atoms with van der Waals surface area (Å²) in [5.74, 6) is -1.19. The average Bonchev–Trinajstić information content (AvgIpc) is 3.00. The summed E-state index contributed by atoms with van der Waals surface area (Å²) < 4.78 is 11.4. The normalized spacial score (nSPS) is 17.8. The molecule has 0 N–H and O–H groups in total. The summed E-state index contributed by atoms with van der Waals surface area (Å²) in [5.41, 5.74) is 0. The van der Waals surface area contributed by atoms with Crippen LogP contribution in [0.15, 0.2) is 17.5 Å². The predicted molar refractivity (Wildman–Crippen MR) is 70.8 cm³/mol. The van der Waals surface area contributed by atoms with Crippen molar-refractivity contribution < 1.29 is 19.1 Å². The second-order valence-electron chi connectivity index (χ2n) is 4.01. The van der Waals surface area contributed by atoms with Crippen LogP contribution in [-0.2, 0) is 24.8 Å². The highest BCUT2D eigenvalue weighted by Crippen LogP contribution is 2.38. The summed E-state index contributed by atoms with van der Waals surface area (Å²) in [6.07, 6.45) is 1.30. The van der Waals surface area contributed by atoms with Crippen molar-refractivity contribution in [2.45, 2.75) is 25.0 Å². The minimum absolute atomic E-state index is 0.183. The highest BCUT2D eigenvalue weighted by Gasteiger charge is 2.39. The Morgan fingerprint density at radius 1 is 1.39 bits per heavy atom. The monoisotopic (exact) mass is 286 g/mol. The van der Waals surface area contributed by atoms with Crippen molar-refractivity contribution in [1.82, 2.24) is 0 Å². The number of Topliss-reactive ketones (excluding diaryl/α,β-unsaturated/α-hetero) is 1. The van der Waals surface area contributed by atoms with Gasteiger partial charge in [0.15, 0.2) is 0 Å². The lowest BCUT2D eigenvalue weighted by molar-refractivity contribution is -0.169. The van der Waals surface area contributed by atoms with E-state index in [2.05, 4.69) is 12.6 Å². The van der Waals surface area contributed by atoms with Crippen molar-refractivity contribution in [1.29, 1.82) is 0 Å². The molecule has 0 bridgehead atoms. The largest absolute Gasteiger partial charge is 0.343 e. The van der Waals surface area contributed by atoms with Crippen LogP contribution < -0.4 is 0 Å². The maximum Gasteiger partial charge on any atom is 0.251 e. The highest BCUT2D eigenvalue weighted by molar-refractivity contribution is 7.98. The summed E-state index contributed by atoms with van der Waals surface area (Å²) in [6.45, 7) is 1.11. The molecule has 1 fully saturated rings. The Kier molecular flexibility index (Phi) is 4.55. The van der Waals surface area contributed by atoms with E-state index < -0.39 is 16.7 Å². The molecule has 0 saturated carbocycles. The van der Waals surface area contributed by atoms with E-state index in [4.69, 9.17) is 9.47 Å². The third-order valence-corrected chi connectivity index (χ3v) is 4.04. The Morgan fingerprint density at radius 3 is 2.67 bits per heavy atom. The molecule has 2 rings (SSSR count). The maximum absolute atomic E-state index is 11.2. The topological polar surface area (TPSA) is 52.6 Å². The van der Waals surface area contributed by atoms with E-state index in [1.807, 2.05) is 17.5 Å². The Bertz CT molecular complexity index is 421. The molecule has 0 radical (unpaired) electrons. The third-order valence-electron chi connectivity index (χ3n) is 2.80. The quantitative estimate of drug-likeness (QED) is 0.643. The van der Waals surface area contributed by atoms with Gasteiger partial charge in [-0.3, -0.25) is 9.59 Å². The van der Waals surface area contributed by atoms with Crippen LogP contribution in [0.2, 0.25) is 0 Å². The van der Waals surface area contributed by atoms with Crippen LogP contribution in [0, 0.1) is 0 Å². The molecule has 0 spiro atoms. The van der Waals surface area contributed by atoms with E-state index in [0.717, 1.165) is 4.88 Å². The van der Waals surface area contributed by atoms with E-state index in [1.54, 1.807) is 11.3 Å². The Labute approximate surface area is 115 Å². The van der Waals surface area contributed by atoms with E-state index in [1.165, 1.54) is 0 Å². The molecule has 0 amide bonds. The van der Waals surface area contributed by atoms with Gasteiger partial charge in [-0.1, -0.05) is 18.7 Å². The predicted octanol–water partition coefficient (Wildman–Crippen LogP) is 2.14. The van der Waals surface area contributed by atoms with Crippen LogP contribution in [0.3, 0.4) is 0 Å². The fourth-order valence-electron chi connectivity index (χ4n) is 1.95. The maximum atomic E-state index is 11.2. The molecule has 1 aromatic rings. The number of ketones is 1. The van der Waals surface area contributed by atoms with Gasteiger partial charge >= 0.3 is 0 Å². The number of hydrogen-bond acceptors (Lipinski definition) is 5. The van der Waals surface area contributed by atoms with Gasteiger partial charge in [0.25, 0.3) is 5.12 Å². The number of hydrogen-bond donors (Lipinski definition) is 1.